The van der Waals surface area contributed by atoms with Crippen LogP contribution in [0.4, 0.5) is 5.69 Å². The third-order valence-electron chi connectivity index (χ3n) is 3.15. The number of nitrogens with zero attached hydrogens (tertiary/aromatic N) is 3. The number of hydrogen-bond donors (Lipinski definition) is 2. The topological polar surface area (TPSA) is 77.4 Å². The van der Waals surface area contributed by atoms with Crippen molar-refractivity contribution in [3.05, 3.63) is 54.2 Å². The van der Waals surface area contributed by atoms with Crippen LogP contribution in [-0.4, -0.2) is 21.5 Å². The predicted octanol–water partition coefficient (Wildman–Crippen LogP) is 2.48. The number of hydrogen-bond acceptors (Lipinski definition) is 4. The van der Waals surface area contributed by atoms with Crippen molar-refractivity contribution < 1.29 is 0 Å². The Morgan fingerprint density at radius 1 is 1.25 bits per heavy atom. The van der Waals surface area contributed by atoms with Crippen LogP contribution in [0.25, 0.3) is 10.9 Å². The third-order valence-corrected chi connectivity index (χ3v) is 3.15. The van der Waals surface area contributed by atoms with E-state index in [9.17, 15) is 5.26 Å². The van der Waals surface area contributed by atoms with Gasteiger partial charge in [0, 0.05) is 36.4 Å². The standard InChI is InChI=1S/C15H13N5/c16-7-11-8-19-14-4-2-1-3-13(14)15(11)18-6-5-12-9-17-10-20-12/h1-4,8-10H,5-6H2,(H,17,20)(H,18,19). The van der Waals surface area contributed by atoms with Gasteiger partial charge in [0.2, 0.25) is 0 Å². The number of H-pyrrole nitrogens is 1. The van der Waals surface area contributed by atoms with Gasteiger partial charge in [-0.3, -0.25) is 4.98 Å². The fourth-order valence-corrected chi connectivity index (χ4v) is 2.16. The summed E-state index contributed by atoms with van der Waals surface area (Å²) in [6.45, 7) is 0.727. The van der Waals surface area contributed by atoms with Crippen molar-refractivity contribution in [3.8, 4) is 6.07 Å². The van der Waals surface area contributed by atoms with Gasteiger partial charge in [0.25, 0.3) is 0 Å². The van der Waals surface area contributed by atoms with Gasteiger partial charge >= 0.3 is 0 Å². The van der Waals surface area contributed by atoms with Gasteiger partial charge in [-0.2, -0.15) is 5.26 Å². The van der Waals surface area contributed by atoms with Crippen molar-refractivity contribution in [1.29, 1.82) is 5.26 Å². The lowest BCUT2D eigenvalue weighted by Crippen LogP contribution is -2.07. The Morgan fingerprint density at radius 3 is 2.95 bits per heavy atom. The maximum absolute atomic E-state index is 9.22. The molecule has 1 aromatic carbocycles. The van der Waals surface area contributed by atoms with Crippen molar-refractivity contribution in [1.82, 2.24) is 15.0 Å². The molecule has 5 nitrogen and oxygen atoms in total. The molecule has 0 fully saturated rings. The smallest absolute Gasteiger partial charge is 0.103 e. The molecule has 0 radical (unpaired) electrons. The summed E-state index contributed by atoms with van der Waals surface area (Å²) in [4.78, 5) is 11.3. The van der Waals surface area contributed by atoms with Crippen molar-refractivity contribution in [2.24, 2.45) is 0 Å². The van der Waals surface area contributed by atoms with Crippen molar-refractivity contribution >= 4 is 16.6 Å². The molecule has 98 valence electrons. The Hall–Kier alpha value is -2.87. The summed E-state index contributed by atoms with van der Waals surface area (Å²) in [7, 11) is 0. The number of nitrogens with one attached hydrogen (secondary N) is 2. The van der Waals surface area contributed by atoms with Gasteiger partial charge < -0.3 is 10.3 Å². The average molecular weight is 263 g/mol. The molecule has 2 heterocycles. The molecule has 3 rings (SSSR count). The molecule has 0 aliphatic heterocycles. The molecule has 0 aliphatic rings. The van der Waals surface area contributed by atoms with E-state index in [4.69, 9.17) is 0 Å². The van der Waals surface area contributed by atoms with Crippen LogP contribution in [0, 0.1) is 11.3 Å². The van der Waals surface area contributed by atoms with Crippen molar-refractivity contribution in [2.75, 3.05) is 11.9 Å². The van der Waals surface area contributed by atoms with Crippen LogP contribution >= 0.6 is 0 Å². The normalized spacial score (nSPS) is 10.3. The largest absolute Gasteiger partial charge is 0.383 e. The number of fused-ring (bicyclic) bond motifs is 1. The van der Waals surface area contributed by atoms with E-state index in [0.717, 1.165) is 35.2 Å². The van der Waals surface area contributed by atoms with E-state index < -0.39 is 0 Å². The second-order valence-electron chi connectivity index (χ2n) is 4.43. The number of rotatable bonds is 4. The first-order valence-corrected chi connectivity index (χ1v) is 6.37. The van der Waals surface area contributed by atoms with Crippen molar-refractivity contribution in [2.45, 2.75) is 6.42 Å². The first kappa shape index (κ1) is 12.2. The zero-order valence-electron chi connectivity index (χ0n) is 10.8. The second kappa shape index (κ2) is 5.41. The van der Waals surface area contributed by atoms with E-state index in [0.29, 0.717) is 5.56 Å². The summed E-state index contributed by atoms with van der Waals surface area (Å²) in [5.74, 6) is 0. The molecule has 0 unspecified atom stereocenters. The van der Waals surface area contributed by atoms with E-state index >= 15 is 0 Å². The van der Waals surface area contributed by atoms with Crippen LogP contribution in [0.1, 0.15) is 11.3 Å². The molecule has 0 aliphatic carbocycles. The third kappa shape index (κ3) is 2.31. The molecular weight excluding hydrogens is 250 g/mol. The van der Waals surface area contributed by atoms with Crippen LogP contribution < -0.4 is 5.32 Å². The molecule has 0 amide bonds. The summed E-state index contributed by atoms with van der Waals surface area (Å²) >= 11 is 0. The Bertz CT molecular complexity index is 756. The van der Waals surface area contributed by atoms with Gasteiger partial charge in [0.15, 0.2) is 0 Å². The molecule has 0 atom stereocenters. The monoisotopic (exact) mass is 263 g/mol. The number of nitriles is 1. The number of aromatic amines is 1. The number of imidazole rings is 1. The molecule has 0 saturated heterocycles. The molecule has 0 bridgehead atoms. The van der Waals surface area contributed by atoms with Crippen LogP contribution in [-0.2, 0) is 6.42 Å². The first-order valence-electron chi connectivity index (χ1n) is 6.37. The van der Waals surface area contributed by atoms with Gasteiger partial charge in [-0.25, -0.2) is 4.98 Å². The number of anilines is 1. The fourth-order valence-electron chi connectivity index (χ4n) is 2.16. The minimum Gasteiger partial charge on any atom is -0.383 e. The zero-order valence-corrected chi connectivity index (χ0v) is 10.8. The van der Waals surface area contributed by atoms with Crippen LogP contribution in [0.15, 0.2) is 43.0 Å². The molecule has 3 aromatic rings. The minimum atomic E-state index is 0.563. The van der Waals surface area contributed by atoms with E-state index in [1.807, 2.05) is 24.3 Å². The SMILES string of the molecule is N#Cc1cnc2ccccc2c1NCCc1cnc[nH]1. The van der Waals surface area contributed by atoms with Crippen LogP contribution in [0.2, 0.25) is 0 Å². The highest BCUT2D eigenvalue weighted by molar-refractivity contribution is 5.93. The second-order valence-corrected chi connectivity index (χ2v) is 4.43. The van der Waals surface area contributed by atoms with Crippen LogP contribution in [0.3, 0.4) is 0 Å². The molecule has 0 spiro atoms. The van der Waals surface area contributed by atoms with Gasteiger partial charge in [-0.05, 0) is 6.07 Å². The Kier molecular flexibility index (Phi) is 3.29. The van der Waals surface area contributed by atoms with Crippen LogP contribution in [0.5, 0.6) is 0 Å². The summed E-state index contributed by atoms with van der Waals surface area (Å²) in [5, 5.41) is 13.5. The summed E-state index contributed by atoms with van der Waals surface area (Å²) in [6, 6.07) is 9.99. The van der Waals surface area contributed by atoms with Gasteiger partial charge in [0.05, 0.1) is 23.1 Å². The quantitative estimate of drug-likeness (QED) is 0.758. The summed E-state index contributed by atoms with van der Waals surface area (Å²) in [5.41, 5.74) is 3.36. The number of para-hydroxylation sites is 1. The lowest BCUT2D eigenvalue weighted by atomic mass is 10.1. The maximum Gasteiger partial charge on any atom is 0.103 e. The van der Waals surface area contributed by atoms with E-state index in [2.05, 4.69) is 26.3 Å². The average Bonchev–Trinajstić information content (AvgIpc) is 3.00. The first-order chi connectivity index (χ1) is 9.88. The maximum atomic E-state index is 9.22. The highest BCUT2D eigenvalue weighted by Gasteiger charge is 2.07. The number of pyridine rings is 1. The highest BCUT2D eigenvalue weighted by Crippen LogP contribution is 2.25. The predicted molar refractivity (Wildman–Crippen MR) is 77.2 cm³/mol. The minimum absolute atomic E-state index is 0.563. The molecule has 2 aromatic heterocycles. The van der Waals surface area contributed by atoms with E-state index in [-0.39, 0.29) is 0 Å². The van der Waals surface area contributed by atoms with Gasteiger partial charge in [-0.1, -0.05) is 18.2 Å². The molecule has 0 saturated carbocycles. The Morgan fingerprint density at radius 2 is 2.15 bits per heavy atom. The highest BCUT2D eigenvalue weighted by atomic mass is 14.9. The summed E-state index contributed by atoms with van der Waals surface area (Å²) < 4.78 is 0. The summed E-state index contributed by atoms with van der Waals surface area (Å²) in [6.07, 6.45) is 5.90. The zero-order chi connectivity index (χ0) is 13.8. The Labute approximate surface area is 116 Å². The Balaban J connectivity index is 1.87. The van der Waals surface area contributed by atoms with E-state index in [1.54, 1.807) is 18.7 Å². The lowest BCUT2D eigenvalue weighted by Gasteiger charge is -2.10. The molecule has 5 heteroatoms. The molecular formula is C15H13N5. The van der Waals surface area contributed by atoms with Gasteiger partial charge in [0.1, 0.15) is 6.07 Å². The van der Waals surface area contributed by atoms with Crippen molar-refractivity contribution in [3.63, 3.8) is 0 Å². The van der Waals surface area contributed by atoms with E-state index in [1.165, 1.54) is 0 Å². The number of benzene rings is 1. The van der Waals surface area contributed by atoms with Gasteiger partial charge in [-0.15, -0.1) is 0 Å². The molecule has 2 N–H and O–H groups in total. The fraction of sp³-hybridized carbons (Fsp3) is 0.133. The number of aromatic nitrogens is 3. The molecule has 20 heavy (non-hydrogen) atoms. The lowest BCUT2D eigenvalue weighted by molar-refractivity contribution is 0.977.